The van der Waals surface area contributed by atoms with Gasteiger partial charge in [-0.2, -0.15) is 0 Å². The number of aliphatic imine (C=N–C) groups is 2. The average Bonchev–Trinajstić information content (AvgIpc) is 2.36. The molecule has 1 aliphatic carbocycles. The molecule has 0 atom stereocenters. The lowest BCUT2D eigenvalue weighted by Gasteiger charge is -2.28. The average molecular weight is 296 g/mol. The maximum absolute atomic E-state index is 11.7. The van der Waals surface area contributed by atoms with Gasteiger partial charge in [0.25, 0.3) is 0 Å². The monoisotopic (exact) mass is 296 g/mol. The topological polar surface area (TPSA) is 75.1 Å². The summed E-state index contributed by atoms with van der Waals surface area (Å²) in [6.45, 7) is 7.54. The van der Waals surface area contributed by atoms with Crippen LogP contribution in [0.2, 0.25) is 0 Å². The first-order valence-electron chi connectivity index (χ1n) is 7.51. The quantitative estimate of drug-likeness (QED) is 0.620. The first-order valence-corrected chi connectivity index (χ1v) is 7.51. The van der Waals surface area contributed by atoms with Gasteiger partial charge >= 0.3 is 6.09 Å². The standard InChI is InChI=1S/C15H28N4O2/c1-11(17-10-16-5)18-12-6-8-13(9-7-12)19-14(20)21-15(2,3)4/h10,12-13H,6-9H2,1-5H3,(H,19,20)(H,16,17,18). The third kappa shape index (κ3) is 7.68. The van der Waals surface area contributed by atoms with Crippen LogP contribution in [0.4, 0.5) is 4.79 Å². The summed E-state index contributed by atoms with van der Waals surface area (Å²) in [4.78, 5) is 20.2. The Hall–Kier alpha value is -1.59. The van der Waals surface area contributed by atoms with Crippen LogP contribution in [0.15, 0.2) is 9.98 Å². The molecule has 0 aromatic heterocycles. The number of rotatable bonds is 3. The van der Waals surface area contributed by atoms with Gasteiger partial charge in [-0.1, -0.05) is 0 Å². The number of nitrogens with one attached hydrogen (secondary N) is 2. The maximum Gasteiger partial charge on any atom is 0.407 e. The van der Waals surface area contributed by atoms with Crippen molar-refractivity contribution in [3.05, 3.63) is 0 Å². The van der Waals surface area contributed by atoms with Crippen molar-refractivity contribution < 1.29 is 9.53 Å². The number of carbonyl (C=O) groups excluding carboxylic acids is 1. The zero-order chi connectivity index (χ0) is 15.9. The van der Waals surface area contributed by atoms with E-state index < -0.39 is 5.60 Å². The molecular weight excluding hydrogens is 268 g/mol. The van der Waals surface area contributed by atoms with E-state index in [1.165, 1.54) is 0 Å². The van der Waals surface area contributed by atoms with E-state index in [1.807, 2.05) is 27.7 Å². The van der Waals surface area contributed by atoms with E-state index in [0.29, 0.717) is 6.04 Å². The molecule has 0 saturated heterocycles. The summed E-state index contributed by atoms with van der Waals surface area (Å²) in [5.74, 6) is 0.879. The Kier molecular flexibility index (Phi) is 6.65. The van der Waals surface area contributed by atoms with E-state index in [2.05, 4.69) is 20.6 Å². The number of hydrogen-bond donors (Lipinski definition) is 2. The number of ether oxygens (including phenoxy) is 1. The zero-order valence-corrected chi connectivity index (χ0v) is 13.8. The van der Waals surface area contributed by atoms with Crippen molar-refractivity contribution in [3.63, 3.8) is 0 Å². The molecule has 1 amide bonds. The van der Waals surface area contributed by atoms with Gasteiger partial charge < -0.3 is 15.4 Å². The summed E-state index contributed by atoms with van der Waals surface area (Å²) < 4.78 is 5.27. The number of nitrogens with zero attached hydrogens (tertiary/aromatic N) is 2. The van der Waals surface area contributed by atoms with Crippen LogP contribution >= 0.6 is 0 Å². The van der Waals surface area contributed by atoms with Gasteiger partial charge in [-0.25, -0.2) is 4.79 Å². The van der Waals surface area contributed by atoms with Crippen molar-refractivity contribution in [2.75, 3.05) is 7.05 Å². The van der Waals surface area contributed by atoms with Crippen molar-refractivity contribution >= 4 is 18.3 Å². The highest BCUT2D eigenvalue weighted by Crippen LogP contribution is 2.21. The highest BCUT2D eigenvalue weighted by atomic mass is 16.6. The molecule has 0 radical (unpaired) electrons. The minimum Gasteiger partial charge on any atom is -0.444 e. The third-order valence-corrected chi connectivity index (χ3v) is 3.20. The van der Waals surface area contributed by atoms with Gasteiger partial charge in [-0.3, -0.25) is 9.98 Å². The van der Waals surface area contributed by atoms with Gasteiger partial charge in [0.2, 0.25) is 0 Å². The van der Waals surface area contributed by atoms with Gasteiger partial charge in [-0.15, -0.1) is 0 Å². The summed E-state index contributed by atoms with van der Waals surface area (Å²) in [6, 6.07) is 0.510. The van der Waals surface area contributed by atoms with E-state index in [0.717, 1.165) is 31.5 Å². The van der Waals surface area contributed by atoms with Crippen LogP contribution in [0.25, 0.3) is 0 Å². The molecule has 1 aliphatic rings. The van der Waals surface area contributed by atoms with E-state index in [9.17, 15) is 4.79 Å². The minimum absolute atomic E-state index is 0.191. The maximum atomic E-state index is 11.7. The fourth-order valence-electron chi connectivity index (χ4n) is 2.29. The molecule has 1 rings (SSSR count). The summed E-state index contributed by atoms with van der Waals surface area (Å²) in [5.41, 5.74) is -0.449. The Bertz CT molecular complexity index is 391. The van der Waals surface area contributed by atoms with Crippen LogP contribution in [0.1, 0.15) is 53.4 Å². The predicted octanol–water partition coefficient (Wildman–Crippen LogP) is 2.49. The Morgan fingerprint density at radius 3 is 2.38 bits per heavy atom. The Labute approximate surface area is 127 Å². The fraction of sp³-hybridized carbons (Fsp3) is 0.800. The molecule has 2 N–H and O–H groups in total. The molecule has 0 unspecified atom stereocenters. The molecule has 6 heteroatoms. The first kappa shape index (κ1) is 17.5. The summed E-state index contributed by atoms with van der Waals surface area (Å²) in [5, 5.41) is 5.95. The van der Waals surface area contributed by atoms with Crippen molar-refractivity contribution in [3.8, 4) is 0 Å². The lowest BCUT2D eigenvalue weighted by atomic mass is 9.91. The Morgan fingerprint density at radius 2 is 1.86 bits per heavy atom. The van der Waals surface area contributed by atoms with Crippen molar-refractivity contribution in [1.29, 1.82) is 0 Å². The first-order chi connectivity index (χ1) is 9.80. The smallest absolute Gasteiger partial charge is 0.407 e. The lowest BCUT2D eigenvalue weighted by Crippen LogP contribution is -2.41. The van der Waals surface area contributed by atoms with Crippen LogP contribution in [0.3, 0.4) is 0 Å². The van der Waals surface area contributed by atoms with Crippen LogP contribution in [-0.4, -0.2) is 43.0 Å². The molecule has 0 aromatic rings. The van der Waals surface area contributed by atoms with Gasteiger partial charge in [0.15, 0.2) is 0 Å². The summed E-state index contributed by atoms with van der Waals surface area (Å²) in [6.07, 6.45) is 5.12. The van der Waals surface area contributed by atoms with Gasteiger partial charge in [0.05, 0.1) is 18.2 Å². The molecule has 0 aliphatic heterocycles. The molecule has 120 valence electrons. The van der Waals surface area contributed by atoms with Gasteiger partial charge in [0, 0.05) is 13.1 Å². The van der Waals surface area contributed by atoms with Crippen molar-refractivity contribution in [2.24, 2.45) is 9.98 Å². The number of amides is 1. The van der Waals surface area contributed by atoms with Crippen LogP contribution in [-0.2, 0) is 4.74 Å². The molecule has 6 nitrogen and oxygen atoms in total. The van der Waals surface area contributed by atoms with E-state index in [-0.39, 0.29) is 12.1 Å². The van der Waals surface area contributed by atoms with E-state index in [4.69, 9.17) is 4.74 Å². The van der Waals surface area contributed by atoms with Crippen LogP contribution in [0, 0.1) is 0 Å². The molecule has 0 bridgehead atoms. The van der Waals surface area contributed by atoms with Crippen LogP contribution in [0.5, 0.6) is 0 Å². The Morgan fingerprint density at radius 1 is 1.24 bits per heavy atom. The largest absolute Gasteiger partial charge is 0.444 e. The SMILES string of the molecule is CN=CNC(C)=NC1CCC(NC(=O)OC(C)(C)C)CC1. The fourth-order valence-corrected chi connectivity index (χ4v) is 2.29. The van der Waals surface area contributed by atoms with Crippen LogP contribution < -0.4 is 10.6 Å². The molecular formula is C15H28N4O2. The zero-order valence-electron chi connectivity index (χ0n) is 13.8. The highest BCUT2D eigenvalue weighted by Gasteiger charge is 2.24. The van der Waals surface area contributed by atoms with Crippen molar-refractivity contribution in [2.45, 2.75) is 71.1 Å². The third-order valence-electron chi connectivity index (χ3n) is 3.20. The molecule has 0 heterocycles. The molecule has 0 aromatic carbocycles. The molecule has 1 saturated carbocycles. The number of amidine groups is 1. The summed E-state index contributed by atoms with van der Waals surface area (Å²) >= 11 is 0. The lowest BCUT2D eigenvalue weighted by molar-refractivity contribution is 0.0491. The van der Waals surface area contributed by atoms with E-state index >= 15 is 0 Å². The highest BCUT2D eigenvalue weighted by molar-refractivity contribution is 5.89. The van der Waals surface area contributed by atoms with Gasteiger partial charge in [-0.05, 0) is 53.4 Å². The normalized spacial score (nSPS) is 24.0. The minimum atomic E-state index is -0.449. The summed E-state index contributed by atoms with van der Waals surface area (Å²) in [7, 11) is 1.72. The van der Waals surface area contributed by atoms with Gasteiger partial charge in [0.1, 0.15) is 5.60 Å². The second kappa shape index (κ2) is 8.00. The Balaban J connectivity index is 2.34. The number of alkyl carbamates (subject to hydrolysis) is 1. The second-order valence-electron chi connectivity index (χ2n) is 6.40. The molecule has 1 fully saturated rings. The molecule has 0 spiro atoms. The predicted molar refractivity (Wildman–Crippen MR) is 86.1 cm³/mol. The molecule has 21 heavy (non-hydrogen) atoms. The van der Waals surface area contributed by atoms with Crippen molar-refractivity contribution in [1.82, 2.24) is 10.6 Å². The number of hydrogen-bond acceptors (Lipinski definition) is 4. The van der Waals surface area contributed by atoms with E-state index in [1.54, 1.807) is 13.4 Å². The number of carbonyl (C=O) groups is 1. The second-order valence-corrected chi connectivity index (χ2v) is 6.40.